The highest BCUT2D eigenvalue weighted by molar-refractivity contribution is 5.91. The highest BCUT2D eigenvalue weighted by Gasteiger charge is 2.16. The lowest BCUT2D eigenvalue weighted by Gasteiger charge is -2.22. The van der Waals surface area contributed by atoms with E-state index >= 15 is 0 Å². The first-order chi connectivity index (χ1) is 12.2. The van der Waals surface area contributed by atoms with Crippen molar-refractivity contribution in [3.8, 4) is 11.4 Å². The second kappa shape index (κ2) is 9.49. The van der Waals surface area contributed by atoms with Crippen molar-refractivity contribution in [2.75, 3.05) is 25.5 Å². The van der Waals surface area contributed by atoms with Gasteiger partial charge >= 0.3 is 0 Å². The van der Waals surface area contributed by atoms with Crippen molar-refractivity contribution in [3.05, 3.63) is 24.0 Å². The van der Waals surface area contributed by atoms with Crippen LogP contribution in [0.25, 0.3) is 5.69 Å². The van der Waals surface area contributed by atoms with Crippen LogP contribution < -0.4 is 15.4 Å². The summed E-state index contributed by atoms with van der Waals surface area (Å²) in [6, 6.07) is 5.45. The first-order valence-electron chi connectivity index (χ1n) is 8.61. The van der Waals surface area contributed by atoms with E-state index in [2.05, 4.69) is 26.2 Å². The molecule has 1 amide bonds. The molecule has 8 nitrogen and oxygen atoms in total. The zero-order chi connectivity index (χ0) is 17.6. The SMILES string of the molecule is COc1ccc(NC(=O)CCC2CCNCC2)cc1-n1nnnc1C.Cl. The van der Waals surface area contributed by atoms with Crippen LogP contribution in [0, 0.1) is 12.8 Å². The number of nitrogens with zero attached hydrogens (tertiary/aromatic N) is 4. The molecule has 3 rings (SSSR count). The number of hydrogen-bond acceptors (Lipinski definition) is 6. The molecule has 2 aromatic rings. The first-order valence-corrected chi connectivity index (χ1v) is 8.61. The average Bonchev–Trinajstić information content (AvgIpc) is 3.06. The maximum atomic E-state index is 12.3. The molecule has 0 spiro atoms. The summed E-state index contributed by atoms with van der Waals surface area (Å²) in [5.74, 6) is 1.96. The van der Waals surface area contributed by atoms with E-state index in [1.165, 1.54) is 0 Å². The number of nitrogens with one attached hydrogen (secondary N) is 2. The second-order valence-corrected chi connectivity index (χ2v) is 6.30. The molecule has 2 heterocycles. The van der Waals surface area contributed by atoms with E-state index in [9.17, 15) is 4.79 Å². The normalized spacial score (nSPS) is 14.5. The summed E-state index contributed by atoms with van der Waals surface area (Å²) in [7, 11) is 1.59. The number of ether oxygens (including phenoxy) is 1. The Kier molecular flexibility index (Phi) is 7.35. The molecule has 1 saturated heterocycles. The van der Waals surface area contributed by atoms with Crippen molar-refractivity contribution in [3.63, 3.8) is 0 Å². The van der Waals surface area contributed by atoms with Crippen LogP contribution in [0.2, 0.25) is 0 Å². The standard InChI is InChI=1S/C17H24N6O2.ClH/c1-12-20-21-22-23(12)15-11-14(4-5-16(15)25-2)19-17(24)6-3-13-7-9-18-10-8-13;/h4-5,11,13,18H,3,6-10H2,1-2H3,(H,19,24);1H. The Morgan fingerprint density at radius 2 is 2.15 bits per heavy atom. The van der Waals surface area contributed by atoms with Crippen molar-refractivity contribution in [1.82, 2.24) is 25.5 Å². The highest BCUT2D eigenvalue weighted by Crippen LogP contribution is 2.26. The molecule has 0 unspecified atom stereocenters. The minimum Gasteiger partial charge on any atom is -0.494 e. The van der Waals surface area contributed by atoms with Gasteiger partial charge in [0.1, 0.15) is 11.4 Å². The quantitative estimate of drug-likeness (QED) is 0.797. The fraction of sp³-hybridized carbons (Fsp3) is 0.529. The van der Waals surface area contributed by atoms with E-state index < -0.39 is 0 Å². The number of amides is 1. The van der Waals surface area contributed by atoms with E-state index in [1.54, 1.807) is 17.9 Å². The number of tetrazole rings is 1. The fourth-order valence-electron chi connectivity index (χ4n) is 3.12. The maximum absolute atomic E-state index is 12.3. The Morgan fingerprint density at radius 3 is 2.81 bits per heavy atom. The number of rotatable bonds is 6. The Bertz CT molecular complexity index is 730. The largest absolute Gasteiger partial charge is 0.494 e. The van der Waals surface area contributed by atoms with Crippen LogP contribution in [0.5, 0.6) is 5.75 Å². The number of hydrogen-bond donors (Lipinski definition) is 2. The van der Waals surface area contributed by atoms with E-state index in [4.69, 9.17) is 4.74 Å². The van der Waals surface area contributed by atoms with Gasteiger partial charge in [0.05, 0.1) is 7.11 Å². The smallest absolute Gasteiger partial charge is 0.224 e. The first kappa shape index (κ1) is 20.1. The molecule has 0 aliphatic carbocycles. The van der Waals surface area contributed by atoms with Gasteiger partial charge in [-0.2, -0.15) is 4.68 Å². The Balaban J connectivity index is 0.00000243. The van der Waals surface area contributed by atoms with Gasteiger partial charge in [-0.25, -0.2) is 0 Å². The highest BCUT2D eigenvalue weighted by atomic mass is 35.5. The molecule has 26 heavy (non-hydrogen) atoms. The number of carbonyl (C=O) groups excluding carboxylic acids is 1. The number of carbonyl (C=O) groups is 1. The third-order valence-electron chi connectivity index (χ3n) is 4.55. The summed E-state index contributed by atoms with van der Waals surface area (Å²) in [5.41, 5.74) is 1.40. The molecule has 1 aliphatic rings. The van der Waals surface area contributed by atoms with Crippen LogP contribution in [-0.4, -0.2) is 46.3 Å². The maximum Gasteiger partial charge on any atom is 0.224 e. The van der Waals surface area contributed by atoms with Crippen molar-refractivity contribution >= 4 is 24.0 Å². The minimum absolute atomic E-state index is 0. The van der Waals surface area contributed by atoms with Crippen molar-refractivity contribution in [2.24, 2.45) is 5.92 Å². The number of halogens is 1. The molecular formula is C17H25ClN6O2. The van der Waals surface area contributed by atoms with Crippen molar-refractivity contribution in [2.45, 2.75) is 32.6 Å². The topological polar surface area (TPSA) is 94.0 Å². The minimum atomic E-state index is 0. The van der Waals surface area contributed by atoms with Crippen molar-refractivity contribution in [1.29, 1.82) is 0 Å². The van der Waals surface area contributed by atoms with Crippen LogP contribution in [0.4, 0.5) is 5.69 Å². The van der Waals surface area contributed by atoms with Gasteiger partial charge in [0.15, 0.2) is 5.82 Å². The molecule has 0 radical (unpaired) electrons. The van der Waals surface area contributed by atoms with Crippen LogP contribution >= 0.6 is 12.4 Å². The summed E-state index contributed by atoms with van der Waals surface area (Å²) < 4.78 is 6.96. The number of benzene rings is 1. The lowest BCUT2D eigenvalue weighted by molar-refractivity contribution is -0.116. The number of anilines is 1. The zero-order valence-corrected chi connectivity index (χ0v) is 15.9. The molecule has 1 fully saturated rings. The van der Waals surface area contributed by atoms with Crippen LogP contribution in [-0.2, 0) is 4.79 Å². The summed E-state index contributed by atoms with van der Waals surface area (Å²) >= 11 is 0. The van der Waals surface area contributed by atoms with E-state index in [0.29, 0.717) is 35.3 Å². The lowest BCUT2D eigenvalue weighted by Crippen LogP contribution is -2.28. The van der Waals surface area contributed by atoms with Crippen LogP contribution in [0.3, 0.4) is 0 Å². The van der Waals surface area contributed by atoms with Gasteiger partial charge in [0, 0.05) is 12.1 Å². The predicted octanol–water partition coefficient (Wildman–Crippen LogP) is 2.12. The Labute approximate surface area is 159 Å². The number of aromatic nitrogens is 4. The van der Waals surface area contributed by atoms with Crippen LogP contribution in [0.1, 0.15) is 31.5 Å². The van der Waals surface area contributed by atoms with E-state index in [-0.39, 0.29) is 18.3 Å². The number of aryl methyl sites for hydroxylation is 1. The summed E-state index contributed by atoms with van der Waals surface area (Å²) in [4.78, 5) is 12.3. The van der Waals surface area contributed by atoms with Crippen LogP contribution in [0.15, 0.2) is 18.2 Å². The third-order valence-corrected chi connectivity index (χ3v) is 4.55. The monoisotopic (exact) mass is 380 g/mol. The number of piperidine rings is 1. The molecule has 2 N–H and O–H groups in total. The number of methoxy groups -OCH3 is 1. The van der Waals surface area contributed by atoms with Gasteiger partial charge in [-0.1, -0.05) is 0 Å². The van der Waals surface area contributed by atoms with Gasteiger partial charge in [-0.3, -0.25) is 4.79 Å². The molecule has 1 aliphatic heterocycles. The molecular weight excluding hydrogens is 356 g/mol. The molecule has 1 aromatic heterocycles. The summed E-state index contributed by atoms with van der Waals surface area (Å²) in [6.07, 6.45) is 3.77. The Hall–Kier alpha value is -2.19. The van der Waals surface area contributed by atoms with Gasteiger partial charge in [0.2, 0.25) is 5.91 Å². The molecule has 0 atom stereocenters. The fourth-order valence-corrected chi connectivity index (χ4v) is 3.12. The average molecular weight is 381 g/mol. The molecule has 1 aromatic carbocycles. The van der Waals surface area contributed by atoms with Gasteiger partial charge in [-0.15, -0.1) is 17.5 Å². The summed E-state index contributed by atoms with van der Waals surface area (Å²) in [6.45, 7) is 3.92. The molecule has 142 valence electrons. The zero-order valence-electron chi connectivity index (χ0n) is 15.1. The van der Waals surface area contributed by atoms with Crippen molar-refractivity contribution < 1.29 is 9.53 Å². The predicted molar refractivity (Wildman–Crippen MR) is 101 cm³/mol. The van der Waals surface area contributed by atoms with Gasteiger partial charge < -0.3 is 15.4 Å². The molecule has 0 saturated carbocycles. The van der Waals surface area contributed by atoms with E-state index in [0.717, 1.165) is 32.4 Å². The molecule has 9 heteroatoms. The van der Waals surface area contributed by atoms with E-state index in [1.807, 2.05) is 19.1 Å². The van der Waals surface area contributed by atoms with Gasteiger partial charge in [0.25, 0.3) is 0 Å². The third kappa shape index (κ3) is 4.92. The molecule has 0 bridgehead atoms. The Morgan fingerprint density at radius 1 is 1.38 bits per heavy atom. The second-order valence-electron chi connectivity index (χ2n) is 6.30. The lowest BCUT2D eigenvalue weighted by atomic mass is 9.93. The summed E-state index contributed by atoms with van der Waals surface area (Å²) in [5, 5.41) is 17.8. The van der Waals surface area contributed by atoms with Gasteiger partial charge in [-0.05, 0) is 73.8 Å².